The largest absolute Gasteiger partial charge is 0.493 e. The van der Waals surface area contributed by atoms with Crippen LogP contribution in [0.2, 0.25) is 5.02 Å². The van der Waals surface area contributed by atoms with E-state index in [0.29, 0.717) is 28.0 Å². The third-order valence-corrected chi connectivity index (χ3v) is 3.50. The minimum Gasteiger partial charge on any atom is -0.493 e. The number of nitrogens with two attached hydrogens (primary N) is 1. The molecule has 6 heteroatoms. The van der Waals surface area contributed by atoms with Crippen molar-refractivity contribution < 1.29 is 9.47 Å². The van der Waals surface area contributed by atoms with Crippen LogP contribution in [0.3, 0.4) is 0 Å². The lowest BCUT2D eigenvalue weighted by Gasteiger charge is -2.11. The van der Waals surface area contributed by atoms with E-state index in [4.69, 9.17) is 26.8 Å². The summed E-state index contributed by atoms with van der Waals surface area (Å²) in [5, 5.41) is 0.593. The standard InChI is InChI=1S/C15H14ClN3O2/c1-20-11-5-3-4-10(14(11)21-2)13-15(17)19-8-9(16)6-7-12(19)18-13/h3-8H,17H2,1-2H3. The van der Waals surface area contributed by atoms with Gasteiger partial charge in [0.15, 0.2) is 11.5 Å². The lowest BCUT2D eigenvalue weighted by molar-refractivity contribution is 0.356. The Morgan fingerprint density at radius 2 is 1.95 bits per heavy atom. The number of imidazole rings is 1. The molecule has 21 heavy (non-hydrogen) atoms. The van der Waals surface area contributed by atoms with Crippen molar-refractivity contribution in [1.82, 2.24) is 9.38 Å². The van der Waals surface area contributed by atoms with Crippen LogP contribution in [-0.2, 0) is 0 Å². The van der Waals surface area contributed by atoms with E-state index in [0.717, 1.165) is 11.2 Å². The maximum atomic E-state index is 6.20. The Labute approximate surface area is 126 Å². The molecule has 0 radical (unpaired) electrons. The lowest BCUT2D eigenvalue weighted by Crippen LogP contribution is -1.97. The van der Waals surface area contributed by atoms with Crippen molar-refractivity contribution in [3.05, 3.63) is 41.6 Å². The van der Waals surface area contributed by atoms with E-state index < -0.39 is 0 Å². The predicted octanol–water partition coefficient (Wildman–Crippen LogP) is 3.25. The summed E-state index contributed by atoms with van der Waals surface area (Å²) in [6.45, 7) is 0. The number of benzene rings is 1. The molecule has 0 bridgehead atoms. The molecule has 0 amide bonds. The summed E-state index contributed by atoms with van der Waals surface area (Å²) < 4.78 is 12.5. The number of methoxy groups -OCH3 is 2. The van der Waals surface area contributed by atoms with Crippen LogP contribution in [0.4, 0.5) is 5.82 Å². The fourth-order valence-corrected chi connectivity index (χ4v) is 2.47. The summed E-state index contributed by atoms with van der Waals surface area (Å²) in [6, 6.07) is 9.17. The quantitative estimate of drug-likeness (QED) is 0.807. The first-order valence-corrected chi connectivity index (χ1v) is 6.68. The van der Waals surface area contributed by atoms with Crippen molar-refractivity contribution in [2.75, 3.05) is 20.0 Å². The summed E-state index contributed by atoms with van der Waals surface area (Å²) in [6.07, 6.45) is 1.73. The zero-order valence-corrected chi connectivity index (χ0v) is 12.4. The van der Waals surface area contributed by atoms with Gasteiger partial charge in [0.25, 0.3) is 0 Å². The Morgan fingerprint density at radius 3 is 2.67 bits per heavy atom. The monoisotopic (exact) mass is 303 g/mol. The number of pyridine rings is 1. The highest BCUT2D eigenvalue weighted by atomic mass is 35.5. The van der Waals surface area contributed by atoms with Gasteiger partial charge in [-0.25, -0.2) is 4.98 Å². The highest BCUT2D eigenvalue weighted by Gasteiger charge is 2.18. The minimum absolute atomic E-state index is 0.499. The predicted molar refractivity (Wildman–Crippen MR) is 83.2 cm³/mol. The molecule has 2 N–H and O–H groups in total. The van der Waals surface area contributed by atoms with Crippen molar-refractivity contribution >= 4 is 23.1 Å². The van der Waals surface area contributed by atoms with E-state index in [1.54, 1.807) is 30.9 Å². The molecule has 0 atom stereocenters. The van der Waals surface area contributed by atoms with Gasteiger partial charge < -0.3 is 15.2 Å². The van der Waals surface area contributed by atoms with Crippen LogP contribution in [0, 0.1) is 0 Å². The van der Waals surface area contributed by atoms with Crippen LogP contribution in [0.5, 0.6) is 11.5 Å². The Kier molecular flexibility index (Phi) is 3.35. The van der Waals surface area contributed by atoms with Gasteiger partial charge >= 0.3 is 0 Å². The van der Waals surface area contributed by atoms with E-state index in [9.17, 15) is 0 Å². The second kappa shape index (κ2) is 5.18. The Hall–Kier alpha value is -2.40. The van der Waals surface area contributed by atoms with E-state index in [-0.39, 0.29) is 0 Å². The van der Waals surface area contributed by atoms with Crippen LogP contribution in [-0.4, -0.2) is 23.6 Å². The number of anilines is 1. The minimum atomic E-state index is 0.499. The summed E-state index contributed by atoms with van der Waals surface area (Å²) >= 11 is 6.00. The molecule has 0 spiro atoms. The van der Waals surface area contributed by atoms with E-state index in [1.165, 1.54) is 0 Å². The van der Waals surface area contributed by atoms with Gasteiger partial charge in [-0.15, -0.1) is 0 Å². The molecule has 0 aliphatic heterocycles. The Balaban J connectivity index is 2.28. The molecule has 1 aromatic carbocycles. The van der Waals surface area contributed by atoms with Crippen molar-refractivity contribution in [2.45, 2.75) is 0 Å². The van der Waals surface area contributed by atoms with Gasteiger partial charge in [0.05, 0.1) is 19.2 Å². The summed E-state index contributed by atoms with van der Waals surface area (Å²) in [4.78, 5) is 4.55. The average molecular weight is 304 g/mol. The number of nitrogens with zero attached hydrogens (tertiary/aromatic N) is 2. The molecule has 3 rings (SSSR count). The van der Waals surface area contributed by atoms with Gasteiger partial charge in [-0.3, -0.25) is 4.40 Å². The van der Waals surface area contributed by atoms with Gasteiger partial charge in [0.2, 0.25) is 0 Å². The molecule has 5 nitrogen and oxygen atoms in total. The zero-order chi connectivity index (χ0) is 15.0. The maximum absolute atomic E-state index is 6.20. The van der Waals surface area contributed by atoms with E-state index >= 15 is 0 Å². The average Bonchev–Trinajstić information content (AvgIpc) is 2.83. The van der Waals surface area contributed by atoms with E-state index in [1.807, 2.05) is 24.3 Å². The lowest BCUT2D eigenvalue weighted by atomic mass is 10.1. The van der Waals surface area contributed by atoms with Crippen molar-refractivity contribution in [2.24, 2.45) is 0 Å². The molecule has 108 valence electrons. The molecule has 2 aromatic heterocycles. The van der Waals surface area contributed by atoms with Crippen LogP contribution in [0.25, 0.3) is 16.9 Å². The number of para-hydroxylation sites is 1. The highest BCUT2D eigenvalue weighted by Crippen LogP contribution is 2.39. The normalized spacial score (nSPS) is 10.8. The first-order chi connectivity index (χ1) is 10.2. The number of fused-ring (bicyclic) bond motifs is 1. The Morgan fingerprint density at radius 1 is 1.14 bits per heavy atom. The first kappa shape index (κ1) is 13.6. The fraction of sp³-hybridized carbons (Fsp3) is 0.133. The topological polar surface area (TPSA) is 61.8 Å². The van der Waals surface area contributed by atoms with Gasteiger partial charge in [-0.05, 0) is 24.3 Å². The SMILES string of the molecule is COc1cccc(-c2nc3ccc(Cl)cn3c2N)c1OC. The molecule has 0 unspecified atom stereocenters. The molecular weight excluding hydrogens is 290 g/mol. The van der Waals surface area contributed by atoms with E-state index in [2.05, 4.69) is 4.98 Å². The number of hydrogen-bond donors (Lipinski definition) is 1. The second-order valence-electron chi connectivity index (χ2n) is 4.46. The van der Waals surface area contributed by atoms with Gasteiger partial charge in [0.1, 0.15) is 17.2 Å². The second-order valence-corrected chi connectivity index (χ2v) is 4.90. The molecule has 0 aliphatic rings. The summed E-state index contributed by atoms with van der Waals surface area (Å²) in [5.74, 6) is 1.73. The molecule has 0 saturated carbocycles. The van der Waals surface area contributed by atoms with Crippen LogP contribution < -0.4 is 15.2 Å². The number of hydrogen-bond acceptors (Lipinski definition) is 4. The van der Waals surface area contributed by atoms with Crippen molar-refractivity contribution in [3.8, 4) is 22.8 Å². The summed E-state index contributed by atoms with van der Waals surface area (Å²) in [7, 11) is 3.18. The molecular formula is C15H14ClN3O2. The maximum Gasteiger partial charge on any atom is 0.170 e. The fourth-order valence-electron chi connectivity index (χ4n) is 2.31. The molecule has 0 aliphatic carbocycles. The van der Waals surface area contributed by atoms with Crippen LogP contribution in [0.15, 0.2) is 36.5 Å². The smallest absolute Gasteiger partial charge is 0.170 e. The third-order valence-electron chi connectivity index (χ3n) is 3.28. The number of nitrogen functional groups attached to an aromatic ring is 1. The van der Waals surface area contributed by atoms with Crippen molar-refractivity contribution in [3.63, 3.8) is 0 Å². The van der Waals surface area contributed by atoms with Crippen molar-refractivity contribution in [1.29, 1.82) is 0 Å². The third kappa shape index (κ3) is 2.15. The molecule has 0 fully saturated rings. The zero-order valence-electron chi connectivity index (χ0n) is 11.6. The van der Waals surface area contributed by atoms with Crippen LogP contribution >= 0.6 is 11.6 Å². The Bertz CT molecular complexity index is 814. The van der Waals surface area contributed by atoms with Gasteiger partial charge in [-0.2, -0.15) is 0 Å². The molecule has 3 aromatic rings. The summed E-state index contributed by atoms with van der Waals surface area (Å²) in [5.41, 5.74) is 8.32. The number of halogens is 1. The first-order valence-electron chi connectivity index (χ1n) is 6.30. The number of rotatable bonds is 3. The van der Waals surface area contributed by atoms with Gasteiger partial charge in [0, 0.05) is 11.8 Å². The number of aromatic nitrogens is 2. The number of ether oxygens (including phenoxy) is 2. The highest BCUT2D eigenvalue weighted by molar-refractivity contribution is 6.30. The molecule has 2 heterocycles. The van der Waals surface area contributed by atoms with Crippen LogP contribution in [0.1, 0.15) is 0 Å². The molecule has 0 saturated heterocycles. The van der Waals surface area contributed by atoms with Gasteiger partial charge in [-0.1, -0.05) is 17.7 Å².